The lowest BCUT2D eigenvalue weighted by molar-refractivity contribution is -0.275. The summed E-state index contributed by atoms with van der Waals surface area (Å²) in [6.07, 6.45) is -3.85. The van der Waals surface area contributed by atoms with E-state index in [-0.39, 0.29) is 36.2 Å². The van der Waals surface area contributed by atoms with Crippen LogP contribution >= 0.6 is 12.4 Å². The van der Waals surface area contributed by atoms with Gasteiger partial charge in [-0.2, -0.15) is 0 Å². The van der Waals surface area contributed by atoms with E-state index >= 15 is 0 Å². The van der Waals surface area contributed by atoms with Crippen LogP contribution in [-0.2, 0) is 9.84 Å². The predicted molar refractivity (Wildman–Crippen MR) is 93.5 cm³/mol. The van der Waals surface area contributed by atoms with Crippen molar-refractivity contribution in [2.45, 2.75) is 11.3 Å². The highest BCUT2D eigenvalue weighted by atomic mass is 35.5. The highest BCUT2D eigenvalue weighted by molar-refractivity contribution is 7.90. The molecule has 0 fully saturated rings. The van der Waals surface area contributed by atoms with Gasteiger partial charge in [0, 0.05) is 12.8 Å². The van der Waals surface area contributed by atoms with Gasteiger partial charge in [-0.1, -0.05) is 18.2 Å². The smallest absolute Gasteiger partial charge is 0.488 e. The van der Waals surface area contributed by atoms with E-state index in [1.165, 1.54) is 30.3 Å². The molecule has 0 amide bonds. The number of nitrogens with two attached hydrogens (primary N) is 1. The van der Waals surface area contributed by atoms with Crippen LogP contribution in [0.1, 0.15) is 0 Å². The Morgan fingerprint density at radius 1 is 1.04 bits per heavy atom. The molecule has 2 aromatic rings. The Labute approximate surface area is 155 Å². The molecule has 0 saturated carbocycles. The van der Waals surface area contributed by atoms with E-state index in [1.54, 1.807) is 6.07 Å². The van der Waals surface area contributed by atoms with Gasteiger partial charge in [0.15, 0.2) is 21.3 Å². The van der Waals surface area contributed by atoms with E-state index in [4.69, 9.17) is 10.5 Å². The maximum Gasteiger partial charge on any atom is 0.573 e. The van der Waals surface area contributed by atoms with Crippen molar-refractivity contribution in [2.75, 3.05) is 19.4 Å². The Bertz CT molecular complexity index is 857. The first kappa shape index (κ1) is 22.1. The largest absolute Gasteiger partial charge is 0.573 e. The summed E-state index contributed by atoms with van der Waals surface area (Å²) in [7, 11) is -3.44. The number of sulfone groups is 1. The zero-order chi connectivity index (χ0) is 18.7. The van der Waals surface area contributed by atoms with Crippen molar-refractivity contribution >= 4 is 22.2 Å². The highest BCUT2D eigenvalue weighted by Gasteiger charge is 2.32. The fourth-order valence-electron chi connectivity index (χ4n) is 2.09. The first-order chi connectivity index (χ1) is 11.6. The summed E-state index contributed by atoms with van der Waals surface area (Å²) in [6.45, 7) is 0.154. The van der Waals surface area contributed by atoms with Crippen molar-refractivity contribution in [3.05, 3.63) is 42.5 Å². The second-order valence-electron chi connectivity index (χ2n) is 5.15. The summed E-state index contributed by atoms with van der Waals surface area (Å²) in [5.74, 6) is -0.631. The Balaban J connectivity index is 0.00000338. The van der Waals surface area contributed by atoms with E-state index in [9.17, 15) is 21.6 Å². The van der Waals surface area contributed by atoms with Crippen LogP contribution in [0.4, 0.5) is 13.2 Å². The zero-order valence-electron chi connectivity index (χ0n) is 13.6. The molecule has 0 aromatic heterocycles. The molecule has 10 heteroatoms. The van der Waals surface area contributed by atoms with Crippen LogP contribution in [0.2, 0.25) is 0 Å². The zero-order valence-corrected chi connectivity index (χ0v) is 15.2. The first-order valence-electron chi connectivity index (χ1n) is 7.13. The van der Waals surface area contributed by atoms with Gasteiger partial charge >= 0.3 is 6.36 Å². The van der Waals surface area contributed by atoms with E-state index in [2.05, 4.69) is 4.74 Å². The van der Waals surface area contributed by atoms with Crippen molar-refractivity contribution < 1.29 is 31.1 Å². The Hall–Kier alpha value is -1.97. The topological polar surface area (TPSA) is 78.6 Å². The van der Waals surface area contributed by atoms with Crippen LogP contribution in [-0.4, -0.2) is 34.2 Å². The van der Waals surface area contributed by atoms with Gasteiger partial charge in [-0.25, -0.2) is 8.42 Å². The fraction of sp³-hybridized carbons (Fsp3) is 0.250. The molecule has 0 radical (unpaired) electrons. The molecule has 0 aliphatic heterocycles. The van der Waals surface area contributed by atoms with Gasteiger partial charge in [0.1, 0.15) is 6.61 Å². The number of ether oxygens (including phenoxy) is 2. The normalized spacial score (nSPS) is 11.6. The lowest BCUT2D eigenvalue weighted by atomic mass is 10.1. The number of alkyl halides is 3. The summed E-state index contributed by atoms with van der Waals surface area (Å²) in [4.78, 5) is 0.0618. The monoisotopic (exact) mass is 411 g/mol. The van der Waals surface area contributed by atoms with Crippen LogP contribution in [0.25, 0.3) is 11.1 Å². The van der Waals surface area contributed by atoms with E-state index in [0.29, 0.717) is 11.1 Å². The third-order valence-electron chi connectivity index (χ3n) is 3.14. The molecular formula is C16H17ClF3NO4S. The second-order valence-corrected chi connectivity index (χ2v) is 7.16. The standard InChI is InChI=1S/C16H16F3NO4S.ClH/c1-25(21,22)13-4-2-3-11(9-13)12-5-6-14(23-8-7-20)15(10-12)24-16(17,18)19;/h2-6,9-10H,7-8,20H2,1H3;1H. The molecule has 5 nitrogen and oxygen atoms in total. The Morgan fingerprint density at radius 2 is 1.69 bits per heavy atom. The Morgan fingerprint density at radius 3 is 2.27 bits per heavy atom. The van der Waals surface area contributed by atoms with Gasteiger partial charge in [0.2, 0.25) is 0 Å². The maximum atomic E-state index is 12.6. The highest BCUT2D eigenvalue weighted by Crippen LogP contribution is 2.36. The summed E-state index contributed by atoms with van der Waals surface area (Å²) < 4.78 is 70.3. The maximum absolute atomic E-state index is 12.6. The van der Waals surface area contributed by atoms with Crippen molar-refractivity contribution in [1.29, 1.82) is 0 Å². The summed E-state index contributed by atoms with van der Waals surface area (Å²) >= 11 is 0. The molecule has 144 valence electrons. The SMILES string of the molecule is CS(=O)(=O)c1cccc(-c2ccc(OCCN)c(OC(F)(F)F)c2)c1.Cl. The first-order valence-corrected chi connectivity index (χ1v) is 9.02. The van der Waals surface area contributed by atoms with Crippen LogP contribution in [0.3, 0.4) is 0 Å². The van der Waals surface area contributed by atoms with Crippen LogP contribution in [0, 0.1) is 0 Å². The third kappa shape index (κ3) is 6.08. The minimum Gasteiger partial charge on any atom is -0.488 e. The quantitative estimate of drug-likeness (QED) is 0.788. The van der Waals surface area contributed by atoms with Gasteiger partial charge < -0.3 is 15.2 Å². The van der Waals surface area contributed by atoms with Crippen LogP contribution < -0.4 is 15.2 Å². The lowest BCUT2D eigenvalue weighted by Gasteiger charge is -2.15. The number of hydrogen-bond donors (Lipinski definition) is 1. The molecule has 2 aromatic carbocycles. The van der Waals surface area contributed by atoms with E-state index < -0.39 is 21.9 Å². The molecule has 0 unspecified atom stereocenters. The second kappa shape index (κ2) is 8.61. The molecule has 0 spiro atoms. The molecular weight excluding hydrogens is 395 g/mol. The molecule has 2 N–H and O–H groups in total. The average Bonchev–Trinajstić information content (AvgIpc) is 2.51. The summed E-state index contributed by atoms with van der Waals surface area (Å²) in [5.41, 5.74) is 6.07. The Kier molecular flexibility index (Phi) is 7.31. The number of rotatable bonds is 6. The molecule has 0 aliphatic rings. The van der Waals surface area contributed by atoms with Crippen LogP contribution in [0.15, 0.2) is 47.4 Å². The van der Waals surface area contributed by atoms with Crippen LogP contribution in [0.5, 0.6) is 11.5 Å². The summed E-state index contributed by atoms with van der Waals surface area (Å²) in [5, 5.41) is 0. The van der Waals surface area contributed by atoms with Gasteiger partial charge in [-0.3, -0.25) is 0 Å². The van der Waals surface area contributed by atoms with Gasteiger partial charge in [0.05, 0.1) is 4.90 Å². The van der Waals surface area contributed by atoms with Gasteiger partial charge in [0.25, 0.3) is 0 Å². The third-order valence-corrected chi connectivity index (χ3v) is 4.25. The molecule has 0 saturated heterocycles. The minimum absolute atomic E-state index is 0. The number of hydrogen-bond acceptors (Lipinski definition) is 5. The van der Waals surface area contributed by atoms with Crippen molar-refractivity contribution in [1.82, 2.24) is 0 Å². The number of halogens is 4. The van der Waals surface area contributed by atoms with Gasteiger partial charge in [-0.05, 0) is 35.4 Å². The van der Waals surface area contributed by atoms with Crippen molar-refractivity contribution in [3.63, 3.8) is 0 Å². The van der Waals surface area contributed by atoms with E-state index in [0.717, 1.165) is 12.3 Å². The molecule has 0 aliphatic carbocycles. The average molecular weight is 412 g/mol. The molecule has 2 rings (SSSR count). The van der Waals surface area contributed by atoms with Gasteiger partial charge in [-0.15, -0.1) is 25.6 Å². The minimum atomic E-state index is -4.89. The molecule has 0 bridgehead atoms. The van der Waals surface area contributed by atoms with Crippen molar-refractivity contribution in [3.8, 4) is 22.6 Å². The molecule has 26 heavy (non-hydrogen) atoms. The predicted octanol–water partition coefficient (Wildman–Crippen LogP) is 3.42. The lowest BCUT2D eigenvalue weighted by Crippen LogP contribution is -2.18. The van der Waals surface area contributed by atoms with E-state index in [1.807, 2.05) is 0 Å². The molecule has 0 heterocycles. The summed E-state index contributed by atoms with van der Waals surface area (Å²) in [6, 6.07) is 9.85. The molecule has 0 atom stereocenters. The fourth-order valence-corrected chi connectivity index (χ4v) is 2.75. The number of benzene rings is 2. The van der Waals surface area contributed by atoms with Crippen molar-refractivity contribution in [2.24, 2.45) is 5.73 Å².